The molecule has 0 saturated carbocycles. The lowest BCUT2D eigenvalue weighted by molar-refractivity contribution is 0.297. The van der Waals surface area contributed by atoms with Crippen molar-refractivity contribution in [3.8, 4) is 11.5 Å². The third-order valence-corrected chi connectivity index (χ3v) is 3.32. The summed E-state index contributed by atoms with van der Waals surface area (Å²) in [6.45, 7) is 4.06. The van der Waals surface area contributed by atoms with Gasteiger partial charge in [-0.3, -0.25) is 4.99 Å². The molecular weight excluding hydrogens is 242 g/mol. The average Bonchev–Trinajstić information content (AvgIpc) is 2.70. The van der Waals surface area contributed by atoms with Crippen molar-refractivity contribution in [2.75, 3.05) is 33.4 Å². The van der Waals surface area contributed by atoms with Crippen LogP contribution in [0.3, 0.4) is 0 Å². The van der Waals surface area contributed by atoms with E-state index in [1.54, 1.807) is 0 Å². The number of hydrogen-bond donors (Lipinski definition) is 1. The predicted octanol–water partition coefficient (Wildman–Crippen LogP) is 1.24. The summed E-state index contributed by atoms with van der Waals surface area (Å²) in [6, 6.07) is 6.09. The number of benzene rings is 1. The van der Waals surface area contributed by atoms with Gasteiger partial charge in [-0.15, -0.1) is 0 Å². The van der Waals surface area contributed by atoms with Crippen molar-refractivity contribution in [3.63, 3.8) is 0 Å². The van der Waals surface area contributed by atoms with Crippen molar-refractivity contribution >= 4 is 5.96 Å². The van der Waals surface area contributed by atoms with Crippen LogP contribution in [-0.2, 0) is 6.54 Å². The summed E-state index contributed by atoms with van der Waals surface area (Å²) in [7, 11) is 2.05. The molecule has 0 aliphatic carbocycles. The lowest BCUT2D eigenvalue weighted by Gasteiger charge is -2.16. The summed E-state index contributed by atoms with van der Waals surface area (Å²) in [5.74, 6) is 2.65. The standard InChI is InChI=1S/C14H19N3O2/c1-17-6-5-15-14(17)16-10-11-3-4-12-13(9-11)19-8-2-7-18-12/h3-4,9H,2,5-8,10H2,1H3,(H,15,16). The van der Waals surface area contributed by atoms with Gasteiger partial charge in [-0.25, -0.2) is 0 Å². The Kier molecular flexibility index (Phi) is 3.44. The summed E-state index contributed by atoms with van der Waals surface area (Å²) in [5.41, 5.74) is 1.17. The molecule has 0 atom stereocenters. The number of nitrogens with zero attached hydrogens (tertiary/aromatic N) is 2. The van der Waals surface area contributed by atoms with Gasteiger partial charge in [-0.2, -0.15) is 0 Å². The molecule has 1 aromatic rings. The van der Waals surface area contributed by atoms with E-state index < -0.39 is 0 Å². The van der Waals surface area contributed by atoms with Crippen LogP contribution in [-0.4, -0.2) is 44.2 Å². The van der Waals surface area contributed by atoms with Crippen LogP contribution < -0.4 is 14.8 Å². The maximum atomic E-state index is 5.69. The van der Waals surface area contributed by atoms with Crippen molar-refractivity contribution in [1.29, 1.82) is 0 Å². The highest BCUT2D eigenvalue weighted by Gasteiger charge is 2.13. The van der Waals surface area contributed by atoms with Gasteiger partial charge in [-0.05, 0) is 17.7 Å². The summed E-state index contributed by atoms with van der Waals surface area (Å²) >= 11 is 0. The summed E-state index contributed by atoms with van der Waals surface area (Å²) in [6.07, 6.45) is 0.934. The number of likely N-dealkylation sites (N-methyl/N-ethyl adjacent to an activating group) is 1. The maximum Gasteiger partial charge on any atom is 0.194 e. The quantitative estimate of drug-likeness (QED) is 0.870. The highest BCUT2D eigenvalue weighted by atomic mass is 16.5. The van der Waals surface area contributed by atoms with Gasteiger partial charge in [0.25, 0.3) is 0 Å². The fourth-order valence-electron chi connectivity index (χ4n) is 2.22. The highest BCUT2D eigenvalue weighted by molar-refractivity contribution is 5.81. The summed E-state index contributed by atoms with van der Waals surface area (Å²) in [5, 5.41) is 3.35. The molecule has 2 aliphatic rings. The molecule has 0 unspecified atom stereocenters. The average molecular weight is 261 g/mol. The third-order valence-electron chi connectivity index (χ3n) is 3.32. The van der Waals surface area contributed by atoms with Crippen molar-refractivity contribution in [1.82, 2.24) is 10.2 Å². The van der Waals surface area contributed by atoms with Gasteiger partial charge in [0.2, 0.25) is 0 Å². The zero-order valence-corrected chi connectivity index (χ0v) is 11.2. The molecule has 2 aliphatic heterocycles. The Morgan fingerprint density at radius 2 is 2.11 bits per heavy atom. The predicted molar refractivity (Wildman–Crippen MR) is 73.8 cm³/mol. The zero-order valence-electron chi connectivity index (χ0n) is 11.2. The summed E-state index contributed by atoms with van der Waals surface area (Å²) < 4.78 is 11.3. The molecule has 5 nitrogen and oxygen atoms in total. The third kappa shape index (κ3) is 2.75. The van der Waals surface area contributed by atoms with Crippen LogP contribution in [0.5, 0.6) is 11.5 Å². The van der Waals surface area contributed by atoms with Crippen LogP contribution in [0.1, 0.15) is 12.0 Å². The van der Waals surface area contributed by atoms with Gasteiger partial charge in [0, 0.05) is 26.6 Å². The van der Waals surface area contributed by atoms with Crippen LogP contribution in [0, 0.1) is 0 Å². The van der Waals surface area contributed by atoms with Crippen molar-refractivity contribution in [3.05, 3.63) is 23.8 Å². The van der Waals surface area contributed by atoms with Crippen molar-refractivity contribution < 1.29 is 9.47 Å². The van der Waals surface area contributed by atoms with E-state index in [9.17, 15) is 0 Å². The molecular formula is C14H19N3O2. The van der Waals surface area contributed by atoms with Gasteiger partial charge < -0.3 is 19.7 Å². The Labute approximate surface area is 113 Å². The minimum Gasteiger partial charge on any atom is -0.490 e. The maximum absolute atomic E-state index is 5.69. The number of fused-ring (bicyclic) bond motifs is 1. The van der Waals surface area contributed by atoms with Crippen LogP contribution in [0.15, 0.2) is 23.2 Å². The van der Waals surface area contributed by atoms with E-state index in [0.717, 1.165) is 56.7 Å². The minimum absolute atomic E-state index is 0.722. The first-order chi connectivity index (χ1) is 9.33. The van der Waals surface area contributed by atoms with E-state index in [1.165, 1.54) is 5.56 Å². The van der Waals surface area contributed by atoms with Crippen molar-refractivity contribution in [2.24, 2.45) is 4.99 Å². The van der Waals surface area contributed by atoms with E-state index in [2.05, 4.69) is 21.3 Å². The van der Waals surface area contributed by atoms with E-state index in [-0.39, 0.29) is 0 Å². The second kappa shape index (κ2) is 5.38. The highest BCUT2D eigenvalue weighted by Crippen LogP contribution is 2.30. The number of ether oxygens (including phenoxy) is 2. The Morgan fingerprint density at radius 3 is 2.89 bits per heavy atom. The molecule has 0 aromatic heterocycles. The van der Waals surface area contributed by atoms with Crippen molar-refractivity contribution in [2.45, 2.75) is 13.0 Å². The van der Waals surface area contributed by atoms with E-state index in [1.807, 2.05) is 19.2 Å². The number of nitrogens with one attached hydrogen (secondary N) is 1. The van der Waals surface area contributed by atoms with Crippen LogP contribution in [0.4, 0.5) is 0 Å². The SMILES string of the molecule is CN1CCN=C1NCc1ccc2c(c1)OCCCO2. The first-order valence-electron chi connectivity index (χ1n) is 6.71. The fourth-order valence-corrected chi connectivity index (χ4v) is 2.22. The minimum atomic E-state index is 0.722. The van der Waals surface area contributed by atoms with Gasteiger partial charge in [0.05, 0.1) is 19.8 Å². The zero-order chi connectivity index (χ0) is 13.1. The molecule has 0 saturated heterocycles. The molecule has 0 amide bonds. The number of hydrogen-bond acceptors (Lipinski definition) is 5. The largest absolute Gasteiger partial charge is 0.490 e. The second-order valence-electron chi connectivity index (χ2n) is 4.81. The molecule has 0 spiro atoms. The van der Waals surface area contributed by atoms with E-state index in [4.69, 9.17) is 9.47 Å². The Hall–Kier alpha value is -1.91. The molecule has 0 bridgehead atoms. The first-order valence-corrected chi connectivity index (χ1v) is 6.71. The van der Waals surface area contributed by atoms with E-state index >= 15 is 0 Å². The molecule has 1 N–H and O–H groups in total. The van der Waals surface area contributed by atoms with Crippen LogP contribution in [0.25, 0.3) is 0 Å². The monoisotopic (exact) mass is 261 g/mol. The van der Waals surface area contributed by atoms with Gasteiger partial charge in [0.1, 0.15) is 0 Å². The molecule has 19 heavy (non-hydrogen) atoms. The van der Waals surface area contributed by atoms with Crippen LogP contribution >= 0.6 is 0 Å². The molecule has 3 rings (SSSR count). The number of guanidine groups is 1. The smallest absolute Gasteiger partial charge is 0.194 e. The molecule has 2 heterocycles. The first kappa shape index (κ1) is 12.1. The second-order valence-corrected chi connectivity index (χ2v) is 4.81. The van der Waals surface area contributed by atoms with Gasteiger partial charge in [-0.1, -0.05) is 6.07 Å². The number of aliphatic imine (C=N–C) groups is 1. The number of rotatable bonds is 2. The Bertz CT molecular complexity index is 488. The normalized spacial score (nSPS) is 17.9. The molecule has 5 heteroatoms. The Balaban J connectivity index is 1.67. The lowest BCUT2D eigenvalue weighted by atomic mass is 10.2. The van der Waals surface area contributed by atoms with Gasteiger partial charge in [0.15, 0.2) is 17.5 Å². The molecule has 1 aromatic carbocycles. The molecule has 0 radical (unpaired) electrons. The van der Waals surface area contributed by atoms with Gasteiger partial charge >= 0.3 is 0 Å². The molecule has 0 fully saturated rings. The fraction of sp³-hybridized carbons (Fsp3) is 0.500. The van der Waals surface area contributed by atoms with Crippen LogP contribution in [0.2, 0.25) is 0 Å². The topological polar surface area (TPSA) is 46.1 Å². The molecule has 102 valence electrons. The lowest BCUT2D eigenvalue weighted by Crippen LogP contribution is -2.35. The summed E-state index contributed by atoms with van der Waals surface area (Å²) in [4.78, 5) is 6.54. The van der Waals surface area contributed by atoms with E-state index in [0.29, 0.717) is 0 Å². The Morgan fingerprint density at radius 1 is 1.26 bits per heavy atom.